The second kappa shape index (κ2) is 4.36. The van der Waals surface area contributed by atoms with Gasteiger partial charge in [0.15, 0.2) is 0 Å². The van der Waals surface area contributed by atoms with E-state index in [1.54, 1.807) is 13.1 Å². The van der Waals surface area contributed by atoms with E-state index in [2.05, 4.69) is 0 Å². The number of benzene rings is 1. The molecule has 0 atom stereocenters. The van der Waals surface area contributed by atoms with Gasteiger partial charge < -0.3 is 0 Å². The first-order chi connectivity index (χ1) is 7.51. The maximum Gasteiger partial charge on any atom is 0.416 e. The molecule has 0 aliphatic carbocycles. The molecule has 7 heteroatoms. The molecule has 1 aromatic rings. The summed E-state index contributed by atoms with van der Waals surface area (Å²) in [5, 5.41) is 0.122. The van der Waals surface area contributed by atoms with E-state index >= 15 is 0 Å². The lowest BCUT2D eigenvalue weighted by Gasteiger charge is -2.15. The van der Waals surface area contributed by atoms with Gasteiger partial charge in [0, 0.05) is 0 Å². The summed E-state index contributed by atoms with van der Waals surface area (Å²) in [5.41, 5.74) is -2.48. The molecule has 1 rings (SSSR count). The number of alkyl halides is 6. The van der Waals surface area contributed by atoms with E-state index in [4.69, 9.17) is 0 Å². The highest BCUT2D eigenvalue weighted by atomic mass is 28.3. The molecule has 0 fully saturated rings. The first-order valence-corrected chi connectivity index (χ1v) is 7.12. The summed E-state index contributed by atoms with van der Waals surface area (Å²) in [5.74, 6) is 0. The maximum absolute atomic E-state index is 12.4. The number of hydrogen-bond donors (Lipinski definition) is 0. The molecule has 0 amide bonds. The second-order valence-electron chi connectivity index (χ2n) is 3.79. The fourth-order valence-electron chi connectivity index (χ4n) is 1.24. The quantitative estimate of drug-likeness (QED) is 0.540. The lowest BCUT2D eigenvalue weighted by Crippen LogP contribution is -2.26. The van der Waals surface area contributed by atoms with Gasteiger partial charge in [0.1, 0.15) is 0 Å². The van der Waals surface area contributed by atoms with E-state index < -0.39 is 32.3 Å². The molecule has 0 saturated carbocycles. The molecule has 0 saturated heterocycles. The van der Waals surface area contributed by atoms with Crippen molar-refractivity contribution in [3.05, 3.63) is 29.3 Å². The molecule has 0 spiro atoms. The third kappa shape index (κ3) is 3.49. The average Bonchev–Trinajstić information content (AvgIpc) is 2.14. The van der Waals surface area contributed by atoms with Crippen molar-refractivity contribution in [1.29, 1.82) is 0 Å². The topological polar surface area (TPSA) is 0 Å². The van der Waals surface area contributed by atoms with Crippen LogP contribution < -0.4 is 5.19 Å². The van der Waals surface area contributed by atoms with Gasteiger partial charge >= 0.3 is 12.4 Å². The number of hydrogen-bond acceptors (Lipinski definition) is 0. The highest BCUT2D eigenvalue weighted by Crippen LogP contribution is 2.34. The minimum atomic E-state index is -4.76. The van der Waals surface area contributed by atoms with Crippen molar-refractivity contribution in [3.8, 4) is 0 Å². The zero-order valence-electron chi connectivity index (χ0n) is 9.00. The summed E-state index contributed by atoms with van der Waals surface area (Å²) in [6.45, 7) is 3.28. The van der Waals surface area contributed by atoms with Crippen LogP contribution in [-0.4, -0.2) is 8.80 Å². The molecular formula is C10H9F6Si. The standard InChI is InChI=1S/C10H9F6Si/c1-17(2)8-4-6(9(11,12)13)3-7(5-8)10(14,15)16/h3-5H,1-2H3. The Morgan fingerprint density at radius 1 is 0.765 bits per heavy atom. The van der Waals surface area contributed by atoms with Crippen molar-refractivity contribution in [2.24, 2.45) is 0 Å². The molecule has 17 heavy (non-hydrogen) atoms. The van der Waals surface area contributed by atoms with Gasteiger partial charge in [-0.3, -0.25) is 0 Å². The first-order valence-electron chi connectivity index (χ1n) is 4.62. The molecule has 0 nitrogen and oxygen atoms in total. The Morgan fingerprint density at radius 2 is 1.12 bits per heavy atom. The van der Waals surface area contributed by atoms with E-state index in [1.807, 2.05) is 0 Å². The van der Waals surface area contributed by atoms with Crippen molar-refractivity contribution in [2.75, 3.05) is 0 Å². The van der Waals surface area contributed by atoms with E-state index in [0.717, 1.165) is 12.1 Å². The summed E-state index contributed by atoms with van der Waals surface area (Å²) >= 11 is 0. The van der Waals surface area contributed by atoms with Crippen molar-refractivity contribution < 1.29 is 26.3 Å². The zero-order chi connectivity index (χ0) is 13.4. The summed E-state index contributed by atoms with van der Waals surface area (Å²) in [6, 6.07) is 1.74. The first kappa shape index (κ1) is 14.1. The van der Waals surface area contributed by atoms with Gasteiger partial charge in [-0.05, 0) is 6.07 Å². The van der Waals surface area contributed by atoms with Crippen LogP contribution in [-0.2, 0) is 12.4 Å². The molecule has 1 aromatic carbocycles. The monoisotopic (exact) mass is 271 g/mol. The Labute approximate surface area is 95.9 Å². The van der Waals surface area contributed by atoms with Gasteiger partial charge in [0.25, 0.3) is 0 Å². The molecule has 0 aromatic heterocycles. The Bertz CT molecular complexity index is 372. The molecule has 0 unspecified atom stereocenters. The molecule has 0 aliphatic rings. The van der Waals surface area contributed by atoms with Crippen LogP contribution in [0, 0.1) is 0 Å². The van der Waals surface area contributed by atoms with E-state index in [1.165, 1.54) is 0 Å². The highest BCUT2D eigenvalue weighted by Gasteiger charge is 2.37. The second-order valence-corrected chi connectivity index (χ2v) is 6.37. The van der Waals surface area contributed by atoms with Crippen LogP contribution in [0.2, 0.25) is 13.1 Å². The Hall–Kier alpha value is -0.983. The normalized spacial score (nSPS) is 13.2. The van der Waals surface area contributed by atoms with Crippen LogP contribution in [0.4, 0.5) is 26.3 Å². The minimum Gasteiger partial charge on any atom is -0.166 e. The van der Waals surface area contributed by atoms with Crippen molar-refractivity contribution in [2.45, 2.75) is 25.4 Å². The third-order valence-corrected chi connectivity index (χ3v) is 3.61. The highest BCUT2D eigenvalue weighted by molar-refractivity contribution is 6.70. The van der Waals surface area contributed by atoms with E-state index in [0.29, 0.717) is 0 Å². The lowest BCUT2D eigenvalue weighted by atomic mass is 10.1. The van der Waals surface area contributed by atoms with Gasteiger partial charge in [-0.15, -0.1) is 0 Å². The smallest absolute Gasteiger partial charge is 0.166 e. The summed E-state index contributed by atoms with van der Waals surface area (Å²) < 4.78 is 74.7. The lowest BCUT2D eigenvalue weighted by molar-refractivity contribution is -0.142. The average molecular weight is 271 g/mol. The van der Waals surface area contributed by atoms with Crippen molar-refractivity contribution >= 4 is 14.0 Å². The van der Waals surface area contributed by atoms with Crippen LogP contribution >= 0.6 is 0 Å². The Morgan fingerprint density at radius 3 is 1.35 bits per heavy atom. The molecule has 0 N–H and O–H groups in total. The van der Waals surface area contributed by atoms with E-state index in [-0.39, 0.29) is 11.3 Å². The predicted octanol–water partition coefficient (Wildman–Crippen LogP) is 3.69. The molecule has 0 bridgehead atoms. The van der Waals surface area contributed by atoms with Gasteiger partial charge in [0.2, 0.25) is 0 Å². The van der Waals surface area contributed by atoms with Crippen molar-refractivity contribution in [3.63, 3.8) is 0 Å². The zero-order valence-corrected chi connectivity index (χ0v) is 10.00. The van der Waals surface area contributed by atoms with Crippen LogP contribution in [0.3, 0.4) is 0 Å². The largest absolute Gasteiger partial charge is 0.416 e. The van der Waals surface area contributed by atoms with Crippen LogP contribution in [0.1, 0.15) is 11.1 Å². The van der Waals surface area contributed by atoms with Gasteiger partial charge in [0.05, 0.1) is 19.9 Å². The van der Waals surface area contributed by atoms with E-state index in [9.17, 15) is 26.3 Å². The number of halogens is 6. The fraction of sp³-hybridized carbons (Fsp3) is 0.400. The fourth-order valence-corrected chi connectivity index (χ4v) is 2.13. The van der Waals surface area contributed by atoms with Gasteiger partial charge in [-0.25, -0.2) is 0 Å². The van der Waals surface area contributed by atoms with Crippen molar-refractivity contribution in [1.82, 2.24) is 0 Å². The summed E-state index contributed by atoms with van der Waals surface area (Å²) in [7, 11) is -1.38. The molecular weight excluding hydrogens is 262 g/mol. The Balaban J connectivity index is 3.40. The summed E-state index contributed by atoms with van der Waals surface area (Å²) in [6.07, 6.45) is -9.51. The third-order valence-electron chi connectivity index (χ3n) is 2.17. The van der Waals surface area contributed by atoms with Crippen LogP contribution in [0.15, 0.2) is 18.2 Å². The summed E-state index contributed by atoms with van der Waals surface area (Å²) in [4.78, 5) is 0. The Kier molecular flexibility index (Phi) is 3.61. The maximum atomic E-state index is 12.4. The van der Waals surface area contributed by atoms with Crippen LogP contribution in [0.5, 0.6) is 0 Å². The molecule has 0 aliphatic heterocycles. The SMILES string of the molecule is C[Si](C)c1cc(C(F)(F)F)cc(C(F)(F)F)c1. The number of rotatable bonds is 1. The molecule has 95 valence electrons. The molecule has 0 heterocycles. The van der Waals surface area contributed by atoms with Gasteiger partial charge in [-0.1, -0.05) is 30.4 Å². The minimum absolute atomic E-state index is 0.122. The molecule has 1 radical (unpaired) electrons. The van der Waals surface area contributed by atoms with Gasteiger partial charge in [-0.2, -0.15) is 26.3 Å². The van der Waals surface area contributed by atoms with Crippen LogP contribution in [0.25, 0.3) is 0 Å². The predicted molar refractivity (Wildman–Crippen MR) is 53.6 cm³/mol.